The molecule has 0 heterocycles. The number of aliphatic hydroxyl groups is 1. The van der Waals surface area contributed by atoms with E-state index in [-0.39, 0.29) is 12.2 Å². The van der Waals surface area contributed by atoms with Crippen molar-refractivity contribution in [1.29, 1.82) is 0 Å². The number of carbonyl (C=O) groups excluding carboxylic acids is 1. The highest BCUT2D eigenvalue weighted by molar-refractivity contribution is 5.76. The van der Waals surface area contributed by atoms with Crippen molar-refractivity contribution in [2.24, 2.45) is 0 Å². The molecule has 0 aliphatic heterocycles. The highest BCUT2D eigenvalue weighted by atomic mass is 16.3. The van der Waals surface area contributed by atoms with E-state index in [0.717, 1.165) is 12.0 Å². The van der Waals surface area contributed by atoms with Gasteiger partial charge in [-0.1, -0.05) is 13.0 Å². The molecule has 2 nitrogen and oxygen atoms in total. The maximum absolute atomic E-state index is 10.6. The number of aliphatic hydroxyl groups excluding tert-OH is 1. The van der Waals surface area contributed by atoms with E-state index in [1.165, 1.54) is 6.92 Å². The minimum atomic E-state index is -0.576. The van der Waals surface area contributed by atoms with Crippen LogP contribution < -0.4 is 0 Å². The second-order valence-corrected chi connectivity index (χ2v) is 2.78. The molecule has 2 heteroatoms. The molecule has 0 aliphatic carbocycles. The van der Waals surface area contributed by atoms with Gasteiger partial charge < -0.3 is 5.11 Å². The van der Waals surface area contributed by atoms with Crippen LogP contribution in [0.15, 0.2) is 11.6 Å². The third-order valence-corrected chi connectivity index (χ3v) is 1.53. The zero-order valence-electron chi connectivity index (χ0n) is 7.42. The molecule has 0 aliphatic rings. The molecule has 0 radical (unpaired) electrons. The lowest BCUT2D eigenvalue weighted by Crippen LogP contribution is -2.12. The van der Waals surface area contributed by atoms with Crippen LogP contribution in [0.2, 0.25) is 0 Å². The fraction of sp³-hybridized carbons (Fsp3) is 0.667. The molecular weight excluding hydrogens is 140 g/mol. The van der Waals surface area contributed by atoms with E-state index in [0.29, 0.717) is 0 Å². The van der Waals surface area contributed by atoms with Crippen LogP contribution in [0.25, 0.3) is 0 Å². The Morgan fingerprint density at radius 2 is 2.09 bits per heavy atom. The number of rotatable bonds is 4. The van der Waals surface area contributed by atoms with Gasteiger partial charge in [0.1, 0.15) is 5.78 Å². The number of Topliss-reactive ketones (excluding diaryl/α,β-unsaturated/α-hetero) is 1. The van der Waals surface area contributed by atoms with Crippen molar-refractivity contribution in [3.8, 4) is 0 Å². The van der Waals surface area contributed by atoms with Gasteiger partial charge in [-0.05, 0) is 25.8 Å². The van der Waals surface area contributed by atoms with Crippen molar-refractivity contribution in [3.63, 3.8) is 0 Å². The van der Waals surface area contributed by atoms with Gasteiger partial charge in [-0.2, -0.15) is 0 Å². The Morgan fingerprint density at radius 3 is 2.45 bits per heavy atom. The summed E-state index contributed by atoms with van der Waals surface area (Å²) in [5, 5.41) is 9.33. The summed E-state index contributed by atoms with van der Waals surface area (Å²) in [6.07, 6.45) is 2.50. The molecule has 0 saturated heterocycles. The van der Waals surface area contributed by atoms with E-state index >= 15 is 0 Å². The summed E-state index contributed by atoms with van der Waals surface area (Å²) in [6, 6.07) is 0. The molecule has 1 N–H and O–H groups in total. The monoisotopic (exact) mass is 156 g/mol. The molecule has 1 unspecified atom stereocenters. The Morgan fingerprint density at radius 1 is 1.55 bits per heavy atom. The van der Waals surface area contributed by atoms with Crippen LogP contribution in [-0.4, -0.2) is 17.0 Å². The van der Waals surface area contributed by atoms with Gasteiger partial charge in [0, 0.05) is 6.42 Å². The maximum Gasteiger partial charge on any atom is 0.132 e. The molecule has 0 bridgehead atoms. The highest BCUT2D eigenvalue weighted by Gasteiger charge is 2.07. The van der Waals surface area contributed by atoms with Gasteiger partial charge in [-0.25, -0.2) is 0 Å². The van der Waals surface area contributed by atoms with Gasteiger partial charge in [0.25, 0.3) is 0 Å². The van der Waals surface area contributed by atoms with Gasteiger partial charge >= 0.3 is 0 Å². The van der Waals surface area contributed by atoms with Crippen molar-refractivity contribution in [1.82, 2.24) is 0 Å². The summed E-state index contributed by atoms with van der Waals surface area (Å²) in [7, 11) is 0. The standard InChI is InChI=1S/C9H16O2/c1-4-5-7(2)9(11)6-8(3)10/h5,9,11H,4,6H2,1-3H3. The van der Waals surface area contributed by atoms with Crippen molar-refractivity contribution in [2.45, 2.75) is 39.7 Å². The van der Waals surface area contributed by atoms with Crippen LogP contribution in [0.5, 0.6) is 0 Å². The average molecular weight is 156 g/mol. The minimum absolute atomic E-state index is 0.0290. The molecule has 0 aromatic rings. The summed E-state index contributed by atoms with van der Waals surface area (Å²) in [5.41, 5.74) is 0.891. The maximum atomic E-state index is 10.6. The minimum Gasteiger partial charge on any atom is -0.388 e. The molecule has 0 aromatic carbocycles. The third-order valence-electron chi connectivity index (χ3n) is 1.53. The van der Waals surface area contributed by atoms with Gasteiger partial charge in [0.2, 0.25) is 0 Å². The topological polar surface area (TPSA) is 37.3 Å². The number of carbonyl (C=O) groups is 1. The summed E-state index contributed by atoms with van der Waals surface area (Å²) in [4.78, 5) is 10.6. The fourth-order valence-electron chi connectivity index (χ4n) is 0.891. The Hall–Kier alpha value is -0.630. The zero-order chi connectivity index (χ0) is 8.85. The van der Waals surface area contributed by atoms with Crippen LogP contribution in [-0.2, 0) is 4.79 Å². The molecule has 0 spiro atoms. The molecule has 0 fully saturated rings. The Kier molecular flexibility index (Phi) is 4.79. The molecule has 64 valence electrons. The first kappa shape index (κ1) is 10.4. The van der Waals surface area contributed by atoms with Gasteiger partial charge in [0.15, 0.2) is 0 Å². The molecule has 1 atom stereocenters. The van der Waals surface area contributed by atoms with E-state index < -0.39 is 6.10 Å². The molecular formula is C9H16O2. The SMILES string of the molecule is CCC=C(C)C(O)CC(C)=O. The van der Waals surface area contributed by atoms with Crippen molar-refractivity contribution < 1.29 is 9.90 Å². The van der Waals surface area contributed by atoms with Crippen molar-refractivity contribution in [2.75, 3.05) is 0 Å². The van der Waals surface area contributed by atoms with E-state index in [9.17, 15) is 9.90 Å². The van der Waals surface area contributed by atoms with Crippen LogP contribution in [0.1, 0.15) is 33.6 Å². The molecule has 0 rings (SSSR count). The van der Waals surface area contributed by atoms with Crippen LogP contribution in [0.3, 0.4) is 0 Å². The van der Waals surface area contributed by atoms with Crippen molar-refractivity contribution >= 4 is 5.78 Å². The lowest BCUT2D eigenvalue weighted by atomic mass is 10.1. The largest absolute Gasteiger partial charge is 0.388 e. The van der Waals surface area contributed by atoms with Crippen LogP contribution >= 0.6 is 0 Å². The zero-order valence-corrected chi connectivity index (χ0v) is 7.42. The number of hydrogen-bond acceptors (Lipinski definition) is 2. The number of hydrogen-bond donors (Lipinski definition) is 1. The van der Waals surface area contributed by atoms with E-state index in [4.69, 9.17) is 0 Å². The van der Waals surface area contributed by atoms with Crippen molar-refractivity contribution in [3.05, 3.63) is 11.6 Å². The second kappa shape index (κ2) is 5.08. The first-order chi connectivity index (χ1) is 5.07. The normalized spacial score (nSPS) is 14.7. The molecule has 0 saturated carbocycles. The van der Waals surface area contributed by atoms with Gasteiger partial charge in [0.05, 0.1) is 6.10 Å². The summed E-state index contributed by atoms with van der Waals surface area (Å²) < 4.78 is 0. The predicted octanol–water partition coefficient (Wildman–Crippen LogP) is 1.68. The predicted molar refractivity (Wildman–Crippen MR) is 45.4 cm³/mol. The summed E-state index contributed by atoms with van der Waals surface area (Å²) >= 11 is 0. The molecule has 11 heavy (non-hydrogen) atoms. The quantitative estimate of drug-likeness (QED) is 0.629. The third kappa shape index (κ3) is 4.73. The first-order valence-electron chi connectivity index (χ1n) is 3.92. The van der Waals surface area contributed by atoms with Gasteiger partial charge in [-0.3, -0.25) is 4.79 Å². The van der Waals surface area contributed by atoms with E-state index in [1.807, 2.05) is 19.9 Å². The average Bonchev–Trinajstić information content (AvgIpc) is 1.86. The fourth-order valence-corrected chi connectivity index (χ4v) is 0.891. The number of allylic oxidation sites excluding steroid dienone is 1. The molecule has 0 aromatic heterocycles. The Labute approximate surface area is 67.9 Å². The lowest BCUT2D eigenvalue weighted by Gasteiger charge is -2.07. The highest BCUT2D eigenvalue weighted by Crippen LogP contribution is 2.06. The lowest BCUT2D eigenvalue weighted by molar-refractivity contribution is -0.118. The summed E-state index contributed by atoms with van der Waals surface area (Å²) in [5.74, 6) is 0.0290. The van der Waals surface area contributed by atoms with Crippen LogP contribution in [0.4, 0.5) is 0 Å². The van der Waals surface area contributed by atoms with E-state index in [2.05, 4.69) is 0 Å². The summed E-state index contributed by atoms with van der Waals surface area (Å²) in [6.45, 7) is 5.34. The first-order valence-corrected chi connectivity index (χ1v) is 3.92. The Bertz CT molecular complexity index is 159. The van der Waals surface area contributed by atoms with Crippen LogP contribution in [0, 0.1) is 0 Å². The van der Waals surface area contributed by atoms with Gasteiger partial charge in [-0.15, -0.1) is 0 Å². The molecule has 0 amide bonds. The second-order valence-electron chi connectivity index (χ2n) is 2.78. The number of ketones is 1. The van der Waals surface area contributed by atoms with E-state index in [1.54, 1.807) is 0 Å². The smallest absolute Gasteiger partial charge is 0.132 e. The Balaban J connectivity index is 3.92.